The molecule has 0 saturated carbocycles. The van der Waals surface area contributed by atoms with Gasteiger partial charge in [0, 0.05) is 12.0 Å². The predicted molar refractivity (Wildman–Crippen MR) is 80.5 cm³/mol. The molecule has 0 saturated heterocycles. The maximum Gasteiger partial charge on any atom is 0.209 e. The normalized spacial score (nSPS) is 14.1. The Morgan fingerprint density at radius 2 is 2.00 bits per heavy atom. The lowest BCUT2D eigenvalue weighted by Crippen LogP contribution is -2.35. The monoisotopic (exact) mass is 367 g/mol. The van der Waals surface area contributed by atoms with Crippen LogP contribution in [0.2, 0.25) is 0 Å². The topological polar surface area (TPSA) is 69.4 Å². The SMILES string of the molecule is CC(C)(C)C(COc1cc(F)ccc1Br)CS(N)(=O)=O. The Balaban J connectivity index is 2.84. The van der Waals surface area contributed by atoms with Crippen molar-refractivity contribution in [1.29, 1.82) is 0 Å². The Hall–Kier alpha value is -0.660. The molecule has 1 atom stereocenters. The summed E-state index contributed by atoms with van der Waals surface area (Å²) in [6.45, 7) is 5.87. The van der Waals surface area contributed by atoms with E-state index in [1.54, 1.807) is 0 Å². The second kappa shape index (κ2) is 6.41. The van der Waals surface area contributed by atoms with E-state index in [0.29, 0.717) is 10.2 Å². The van der Waals surface area contributed by atoms with Crippen molar-refractivity contribution in [2.75, 3.05) is 12.4 Å². The maximum atomic E-state index is 13.2. The van der Waals surface area contributed by atoms with Crippen molar-refractivity contribution < 1.29 is 17.5 Å². The smallest absolute Gasteiger partial charge is 0.209 e. The summed E-state index contributed by atoms with van der Waals surface area (Å²) >= 11 is 3.26. The van der Waals surface area contributed by atoms with E-state index < -0.39 is 15.8 Å². The van der Waals surface area contributed by atoms with Crippen LogP contribution in [-0.4, -0.2) is 20.8 Å². The molecule has 114 valence electrons. The summed E-state index contributed by atoms with van der Waals surface area (Å²) < 4.78 is 41.9. The van der Waals surface area contributed by atoms with E-state index in [9.17, 15) is 12.8 Å². The highest BCUT2D eigenvalue weighted by atomic mass is 79.9. The predicted octanol–water partition coefficient (Wildman–Crippen LogP) is 2.92. The average molecular weight is 368 g/mol. The highest BCUT2D eigenvalue weighted by Gasteiger charge is 2.29. The van der Waals surface area contributed by atoms with Crippen LogP contribution in [-0.2, 0) is 10.0 Å². The van der Waals surface area contributed by atoms with E-state index in [1.165, 1.54) is 18.2 Å². The molecule has 1 aromatic rings. The molecular formula is C13H19BrFNO3S. The molecule has 0 radical (unpaired) electrons. The minimum absolute atomic E-state index is 0.141. The third-order valence-corrected chi connectivity index (χ3v) is 4.51. The lowest BCUT2D eigenvalue weighted by Gasteiger charge is -2.30. The molecule has 1 aromatic carbocycles. The number of halogens is 2. The van der Waals surface area contributed by atoms with Gasteiger partial charge in [0.15, 0.2) is 0 Å². The van der Waals surface area contributed by atoms with Gasteiger partial charge in [0.25, 0.3) is 0 Å². The Morgan fingerprint density at radius 1 is 1.40 bits per heavy atom. The molecule has 0 spiro atoms. The highest BCUT2D eigenvalue weighted by Crippen LogP contribution is 2.30. The lowest BCUT2D eigenvalue weighted by molar-refractivity contribution is 0.162. The fourth-order valence-electron chi connectivity index (χ4n) is 1.61. The zero-order valence-electron chi connectivity index (χ0n) is 11.7. The Morgan fingerprint density at radius 3 is 2.50 bits per heavy atom. The highest BCUT2D eigenvalue weighted by molar-refractivity contribution is 9.10. The van der Waals surface area contributed by atoms with Crippen molar-refractivity contribution in [3.05, 3.63) is 28.5 Å². The maximum absolute atomic E-state index is 13.2. The average Bonchev–Trinajstić information content (AvgIpc) is 2.25. The molecule has 20 heavy (non-hydrogen) atoms. The van der Waals surface area contributed by atoms with Crippen LogP contribution in [0.5, 0.6) is 5.75 Å². The fraction of sp³-hybridized carbons (Fsp3) is 0.538. The quantitative estimate of drug-likeness (QED) is 0.869. The first-order valence-corrected chi connectivity index (χ1v) is 8.58. The molecule has 0 aliphatic carbocycles. The molecule has 1 rings (SSSR count). The van der Waals surface area contributed by atoms with Crippen molar-refractivity contribution in [1.82, 2.24) is 0 Å². The Bertz CT molecular complexity index is 569. The van der Waals surface area contributed by atoms with Crippen LogP contribution in [0.3, 0.4) is 0 Å². The van der Waals surface area contributed by atoms with Gasteiger partial charge in [0.2, 0.25) is 10.0 Å². The molecule has 0 heterocycles. The van der Waals surface area contributed by atoms with Gasteiger partial charge in [-0.3, -0.25) is 0 Å². The zero-order chi connectivity index (χ0) is 15.6. The first kappa shape index (κ1) is 17.4. The number of primary sulfonamides is 1. The number of hydrogen-bond acceptors (Lipinski definition) is 3. The summed E-state index contributed by atoms with van der Waals surface area (Å²) in [5.41, 5.74) is -0.299. The fourth-order valence-corrected chi connectivity index (χ4v) is 3.12. The standard InChI is InChI=1S/C13H19BrFNO3S/c1-13(2,3)9(8-20(16,17)18)7-19-12-6-10(15)4-5-11(12)14/h4-6,9H,7-8H2,1-3H3,(H2,16,17,18). The van der Waals surface area contributed by atoms with Gasteiger partial charge in [-0.1, -0.05) is 20.8 Å². The Kier molecular flexibility index (Phi) is 5.57. The third kappa shape index (κ3) is 5.76. The van der Waals surface area contributed by atoms with Crippen LogP contribution in [0.15, 0.2) is 22.7 Å². The van der Waals surface area contributed by atoms with Crippen LogP contribution >= 0.6 is 15.9 Å². The molecule has 0 fully saturated rings. The summed E-state index contributed by atoms with van der Waals surface area (Å²) in [4.78, 5) is 0. The molecule has 1 unspecified atom stereocenters. The van der Waals surface area contributed by atoms with Crippen molar-refractivity contribution in [2.24, 2.45) is 16.5 Å². The Labute approximate surface area is 127 Å². The van der Waals surface area contributed by atoms with E-state index >= 15 is 0 Å². The first-order chi connectivity index (χ1) is 8.99. The van der Waals surface area contributed by atoms with Crippen LogP contribution in [0.4, 0.5) is 4.39 Å². The molecule has 4 nitrogen and oxygen atoms in total. The van der Waals surface area contributed by atoms with E-state index in [0.717, 1.165) is 0 Å². The van der Waals surface area contributed by atoms with E-state index in [2.05, 4.69) is 15.9 Å². The first-order valence-electron chi connectivity index (χ1n) is 6.07. The summed E-state index contributed by atoms with van der Waals surface area (Å²) in [7, 11) is -3.59. The summed E-state index contributed by atoms with van der Waals surface area (Å²) in [5, 5.41) is 5.10. The van der Waals surface area contributed by atoms with Gasteiger partial charge >= 0.3 is 0 Å². The summed E-state index contributed by atoms with van der Waals surface area (Å²) in [6, 6.07) is 4.10. The minimum atomic E-state index is -3.59. The van der Waals surface area contributed by atoms with Gasteiger partial charge in [-0.2, -0.15) is 0 Å². The van der Waals surface area contributed by atoms with Crippen LogP contribution in [0.1, 0.15) is 20.8 Å². The molecule has 0 aliphatic heterocycles. The van der Waals surface area contributed by atoms with Crippen molar-refractivity contribution in [2.45, 2.75) is 20.8 Å². The lowest BCUT2D eigenvalue weighted by atomic mass is 9.82. The van der Waals surface area contributed by atoms with E-state index in [-0.39, 0.29) is 23.7 Å². The minimum Gasteiger partial charge on any atom is -0.492 e. The van der Waals surface area contributed by atoms with Gasteiger partial charge in [-0.05, 0) is 33.5 Å². The van der Waals surface area contributed by atoms with E-state index in [1.807, 2.05) is 20.8 Å². The zero-order valence-corrected chi connectivity index (χ0v) is 14.1. The molecule has 0 aliphatic rings. The number of ether oxygens (including phenoxy) is 1. The second-order valence-electron chi connectivity index (χ2n) is 5.78. The van der Waals surface area contributed by atoms with Gasteiger partial charge in [-0.15, -0.1) is 0 Å². The van der Waals surface area contributed by atoms with Crippen molar-refractivity contribution in [3.8, 4) is 5.75 Å². The van der Waals surface area contributed by atoms with Gasteiger partial charge in [-0.25, -0.2) is 17.9 Å². The van der Waals surface area contributed by atoms with Crippen LogP contribution < -0.4 is 9.88 Å². The number of hydrogen-bond donors (Lipinski definition) is 1. The molecule has 0 aromatic heterocycles. The van der Waals surface area contributed by atoms with Gasteiger partial charge in [0.05, 0.1) is 16.8 Å². The second-order valence-corrected chi connectivity index (χ2v) is 8.29. The molecule has 2 N–H and O–H groups in total. The number of sulfonamides is 1. The largest absolute Gasteiger partial charge is 0.492 e. The van der Waals surface area contributed by atoms with Gasteiger partial charge < -0.3 is 4.74 Å². The molecule has 0 bridgehead atoms. The summed E-state index contributed by atoms with van der Waals surface area (Å²) in [6.07, 6.45) is 0. The number of nitrogens with two attached hydrogens (primary N) is 1. The van der Waals surface area contributed by atoms with Crippen molar-refractivity contribution >= 4 is 26.0 Å². The third-order valence-electron chi connectivity index (χ3n) is 2.99. The molecule has 7 heteroatoms. The number of rotatable bonds is 5. The van der Waals surface area contributed by atoms with Crippen LogP contribution in [0.25, 0.3) is 0 Å². The van der Waals surface area contributed by atoms with Crippen LogP contribution in [0, 0.1) is 17.2 Å². The number of benzene rings is 1. The molecule has 0 amide bonds. The van der Waals surface area contributed by atoms with Crippen molar-refractivity contribution in [3.63, 3.8) is 0 Å². The van der Waals surface area contributed by atoms with E-state index in [4.69, 9.17) is 9.88 Å². The summed E-state index contributed by atoms with van der Waals surface area (Å²) in [5.74, 6) is -0.549. The molecular weight excluding hydrogens is 349 g/mol. The van der Waals surface area contributed by atoms with Gasteiger partial charge in [0.1, 0.15) is 11.6 Å².